The van der Waals surface area contributed by atoms with E-state index < -0.39 is 0 Å². The van der Waals surface area contributed by atoms with Gasteiger partial charge in [-0.25, -0.2) is 9.97 Å². The monoisotopic (exact) mass is 208 g/mol. The standard InChI is InChI=1S/C11H16N2O2/c1-7(11(2,3)4)9(15)10-12-5-8(14)6-13-10/h5-7,14H,1-4H3. The van der Waals surface area contributed by atoms with Gasteiger partial charge in [0.05, 0.1) is 12.4 Å². The Morgan fingerprint density at radius 1 is 1.33 bits per heavy atom. The van der Waals surface area contributed by atoms with Crippen molar-refractivity contribution in [3.63, 3.8) is 0 Å². The quantitative estimate of drug-likeness (QED) is 0.755. The zero-order valence-electron chi connectivity index (χ0n) is 9.48. The average molecular weight is 208 g/mol. The lowest BCUT2D eigenvalue weighted by molar-refractivity contribution is 0.0828. The van der Waals surface area contributed by atoms with E-state index in [-0.39, 0.29) is 28.7 Å². The summed E-state index contributed by atoms with van der Waals surface area (Å²) in [5.74, 6) is -0.116. The maximum Gasteiger partial charge on any atom is 0.203 e. The van der Waals surface area contributed by atoms with Crippen LogP contribution in [-0.2, 0) is 0 Å². The van der Waals surface area contributed by atoms with Gasteiger partial charge in [-0.1, -0.05) is 27.7 Å². The summed E-state index contributed by atoms with van der Waals surface area (Å²) in [7, 11) is 0. The van der Waals surface area contributed by atoms with Gasteiger partial charge in [-0.2, -0.15) is 0 Å². The fourth-order valence-corrected chi connectivity index (χ4v) is 1.04. The van der Waals surface area contributed by atoms with Crippen LogP contribution in [0.25, 0.3) is 0 Å². The van der Waals surface area contributed by atoms with E-state index in [0.29, 0.717) is 0 Å². The minimum absolute atomic E-state index is 0.0324. The third-order valence-electron chi connectivity index (χ3n) is 2.55. The van der Waals surface area contributed by atoms with Gasteiger partial charge in [0.25, 0.3) is 0 Å². The van der Waals surface area contributed by atoms with E-state index in [1.165, 1.54) is 12.4 Å². The van der Waals surface area contributed by atoms with Crippen LogP contribution in [0.5, 0.6) is 5.75 Å². The van der Waals surface area contributed by atoms with Crippen LogP contribution in [0.3, 0.4) is 0 Å². The second-order valence-electron chi connectivity index (χ2n) is 4.72. The number of ketones is 1. The summed E-state index contributed by atoms with van der Waals surface area (Å²) in [5, 5.41) is 9.00. The van der Waals surface area contributed by atoms with Crippen molar-refractivity contribution in [2.75, 3.05) is 0 Å². The molecular weight excluding hydrogens is 192 g/mol. The molecule has 0 aromatic carbocycles. The molecule has 4 heteroatoms. The summed E-state index contributed by atoms with van der Waals surface area (Å²) in [6.07, 6.45) is 2.46. The zero-order chi connectivity index (χ0) is 11.6. The van der Waals surface area contributed by atoms with E-state index in [1.54, 1.807) is 0 Å². The molecule has 0 aliphatic heterocycles. The maximum absolute atomic E-state index is 11.9. The average Bonchev–Trinajstić information content (AvgIpc) is 2.15. The Morgan fingerprint density at radius 3 is 2.20 bits per heavy atom. The number of aromatic hydroxyl groups is 1. The minimum Gasteiger partial charge on any atom is -0.505 e. The fourth-order valence-electron chi connectivity index (χ4n) is 1.04. The van der Waals surface area contributed by atoms with Crippen molar-refractivity contribution in [2.45, 2.75) is 27.7 Å². The number of carbonyl (C=O) groups is 1. The molecule has 82 valence electrons. The van der Waals surface area contributed by atoms with Gasteiger partial charge in [0.1, 0.15) is 0 Å². The van der Waals surface area contributed by atoms with Crippen LogP contribution in [0.2, 0.25) is 0 Å². The molecule has 0 bridgehead atoms. The first-order chi connectivity index (χ1) is 6.82. The molecule has 1 unspecified atom stereocenters. The van der Waals surface area contributed by atoms with E-state index in [9.17, 15) is 4.79 Å². The van der Waals surface area contributed by atoms with Crippen LogP contribution in [0.4, 0.5) is 0 Å². The molecule has 0 aliphatic rings. The molecular formula is C11H16N2O2. The van der Waals surface area contributed by atoms with Gasteiger partial charge in [0.15, 0.2) is 11.6 Å². The van der Waals surface area contributed by atoms with Crippen molar-refractivity contribution in [1.82, 2.24) is 9.97 Å². The summed E-state index contributed by atoms with van der Waals surface area (Å²) >= 11 is 0. The highest BCUT2D eigenvalue weighted by Crippen LogP contribution is 2.27. The van der Waals surface area contributed by atoms with E-state index >= 15 is 0 Å². The van der Waals surface area contributed by atoms with E-state index in [4.69, 9.17) is 5.11 Å². The van der Waals surface area contributed by atoms with Crippen LogP contribution in [-0.4, -0.2) is 20.9 Å². The van der Waals surface area contributed by atoms with Crippen LogP contribution in [0, 0.1) is 11.3 Å². The first-order valence-electron chi connectivity index (χ1n) is 4.87. The van der Waals surface area contributed by atoms with Gasteiger partial charge in [0, 0.05) is 5.92 Å². The zero-order valence-corrected chi connectivity index (χ0v) is 9.48. The second kappa shape index (κ2) is 3.96. The van der Waals surface area contributed by atoms with E-state index in [1.807, 2.05) is 27.7 Å². The van der Waals surface area contributed by atoms with Crippen molar-refractivity contribution in [1.29, 1.82) is 0 Å². The molecule has 15 heavy (non-hydrogen) atoms. The first-order valence-corrected chi connectivity index (χ1v) is 4.87. The number of aromatic nitrogens is 2. The Morgan fingerprint density at radius 2 is 1.80 bits per heavy atom. The summed E-state index contributed by atoms with van der Waals surface area (Å²) < 4.78 is 0. The number of hydrogen-bond donors (Lipinski definition) is 1. The number of Topliss-reactive ketones (excluding diaryl/α,β-unsaturated/α-hetero) is 1. The van der Waals surface area contributed by atoms with Crippen LogP contribution >= 0.6 is 0 Å². The summed E-state index contributed by atoms with van der Waals surface area (Å²) in [5.41, 5.74) is -0.113. The molecule has 1 N–H and O–H groups in total. The molecule has 0 amide bonds. The van der Waals surface area contributed by atoms with Crippen molar-refractivity contribution in [2.24, 2.45) is 11.3 Å². The van der Waals surface area contributed by atoms with Crippen molar-refractivity contribution >= 4 is 5.78 Å². The molecule has 0 aliphatic carbocycles. The van der Waals surface area contributed by atoms with Gasteiger partial charge in [-0.15, -0.1) is 0 Å². The fraction of sp³-hybridized carbons (Fsp3) is 0.545. The minimum atomic E-state index is -0.151. The highest BCUT2D eigenvalue weighted by atomic mass is 16.3. The van der Waals surface area contributed by atoms with Crippen LogP contribution in [0.1, 0.15) is 38.3 Å². The van der Waals surface area contributed by atoms with E-state index in [0.717, 1.165) is 0 Å². The smallest absolute Gasteiger partial charge is 0.203 e. The lowest BCUT2D eigenvalue weighted by Gasteiger charge is -2.25. The largest absolute Gasteiger partial charge is 0.505 e. The van der Waals surface area contributed by atoms with Crippen molar-refractivity contribution in [3.8, 4) is 5.75 Å². The third-order valence-corrected chi connectivity index (χ3v) is 2.55. The van der Waals surface area contributed by atoms with Gasteiger partial charge < -0.3 is 5.11 Å². The predicted molar refractivity (Wildman–Crippen MR) is 56.6 cm³/mol. The molecule has 4 nitrogen and oxygen atoms in total. The van der Waals surface area contributed by atoms with Gasteiger partial charge in [-0.3, -0.25) is 4.79 Å². The SMILES string of the molecule is CC(C(=O)c1ncc(O)cn1)C(C)(C)C. The summed E-state index contributed by atoms with van der Waals surface area (Å²) in [6.45, 7) is 7.85. The summed E-state index contributed by atoms with van der Waals surface area (Å²) in [6, 6.07) is 0. The Bertz CT molecular complexity index is 352. The molecule has 1 aromatic rings. The normalized spacial score (nSPS) is 13.6. The molecule has 0 saturated heterocycles. The highest BCUT2D eigenvalue weighted by molar-refractivity contribution is 5.94. The Balaban J connectivity index is 2.90. The third kappa shape index (κ3) is 2.75. The number of hydrogen-bond acceptors (Lipinski definition) is 4. The molecule has 0 radical (unpaired) electrons. The van der Waals surface area contributed by atoms with Gasteiger partial charge in [0.2, 0.25) is 5.78 Å². The van der Waals surface area contributed by atoms with Gasteiger partial charge in [-0.05, 0) is 5.41 Å². The molecule has 0 saturated carbocycles. The van der Waals surface area contributed by atoms with Crippen molar-refractivity contribution in [3.05, 3.63) is 18.2 Å². The molecule has 1 rings (SSSR count). The number of nitrogens with zero attached hydrogens (tertiary/aromatic N) is 2. The predicted octanol–water partition coefficient (Wildman–Crippen LogP) is 2.05. The molecule has 1 heterocycles. The molecule has 1 atom stereocenters. The topological polar surface area (TPSA) is 63.1 Å². The lowest BCUT2D eigenvalue weighted by Crippen LogP contribution is -2.27. The lowest BCUT2D eigenvalue weighted by atomic mass is 9.79. The van der Waals surface area contributed by atoms with Gasteiger partial charge >= 0.3 is 0 Å². The Kier molecular flexibility index (Phi) is 3.07. The molecule has 0 fully saturated rings. The first kappa shape index (κ1) is 11.6. The molecule has 0 spiro atoms. The number of rotatable bonds is 2. The Hall–Kier alpha value is -1.45. The maximum atomic E-state index is 11.9. The van der Waals surface area contributed by atoms with E-state index in [2.05, 4.69) is 9.97 Å². The van der Waals surface area contributed by atoms with Crippen LogP contribution in [0.15, 0.2) is 12.4 Å². The molecule has 1 aromatic heterocycles. The van der Waals surface area contributed by atoms with Crippen molar-refractivity contribution < 1.29 is 9.90 Å². The second-order valence-corrected chi connectivity index (χ2v) is 4.72. The Labute approximate surface area is 89.4 Å². The summed E-state index contributed by atoms with van der Waals surface area (Å²) in [4.78, 5) is 19.5. The highest BCUT2D eigenvalue weighted by Gasteiger charge is 2.29. The number of carbonyl (C=O) groups excluding carboxylic acids is 1. The van der Waals surface area contributed by atoms with Crippen LogP contribution < -0.4 is 0 Å².